The molecule has 2 saturated carbocycles. The van der Waals surface area contributed by atoms with Gasteiger partial charge in [0.1, 0.15) is 18.2 Å². The van der Waals surface area contributed by atoms with Gasteiger partial charge in [-0.3, -0.25) is 4.99 Å². The number of nitrogens with zero attached hydrogens (tertiary/aromatic N) is 2. The molecule has 3 nitrogen and oxygen atoms in total. The molecule has 0 unspecified atom stereocenters. The van der Waals surface area contributed by atoms with Gasteiger partial charge in [-0.15, -0.1) is 0 Å². The van der Waals surface area contributed by atoms with Crippen molar-refractivity contribution in [2.45, 2.75) is 0 Å². The topological polar surface area (TPSA) is 50.7 Å². The fourth-order valence-electron chi connectivity index (χ4n) is 1.28. The van der Waals surface area contributed by atoms with Crippen LogP contribution in [0.1, 0.15) is 0 Å². The fourth-order valence-corrected chi connectivity index (χ4v) is 1.28. The van der Waals surface area contributed by atoms with E-state index in [1.165, 1.54) is 6.34 Å². The van der Waals surface area contributed by atoms with Crippen LogP contribution in [0.5, 0.6) is 0 Å². The van der Waals surface area contributed by atoms with E-state index in [0.717, 1.165) is 12.0 Å². The number of aliphatic imine (C=N–C) groups is 2. The molecule has 0 aromatic carbocycles. The minimum atomic E-state index is 0. The summed E-state index contributed by atoms with van der Waals surface area (Å²) in [5, 5.41) is 0. The monoisotopic (exact) mass is 253 g/mol. The quantitative estimate of drug-likeness (QED) is 0.646. The Balaban J connectivity index is 0.000000183. The summed E-state index contributed by atoms with van der Waals surface area (Å²) in [7, 11) is 0. The number of rotatable bonds is 0. The summed E-state index contributed by atoms with van der Waals surface area (Å²) in [6, 6.07) is 0.910. The summed E-state index contributed by atoms with van der Waals surface area (Å²) in [5.74, 6) is 1.48. The Labute approximate surface area is 108 Å². The zero-order valence-electron chi connectivity index (χ0n) is 8.52. The fraction of sp³-hybridized carbons (Fsp3) is 0. The molecule has 0 aromatic rings. The van der Waals surface area contributed by atoms with Crippen LogP contribution in [-0.4, -0.2) is 12.2 Å². The molecule has 0 spiro atoms. The van der Waals surface area contributed by atoms with E-state index in [1.54, 1.807) is 0 Å². The Morgan fingerprint density at radius 1 is 0.875 bits per heavy atom. The van der Waals surface area contributed by atoms with Gasteiger partial charge in [-0.05, 0) is 51.4 Å². The first-order valence-corrected chi connectivity index (χ1v) is 4.66. The van der Waals surface area contributed by atoms with Crippen LogP contribution in [0.25, 0.3) is 0 Å². The number of nitrogens with two attached hydrogens (primary N) is 1. The van der Waals surface area contributed by atoms with Crippen LogP contribution in [0.2, 0.25) is 0 Å². The molecule has 3 aliphatic rings. The summed E-state index contributed by atoms with van der Waals surface area (Å²) in [6.45, 7) is 0. The minimum Gasteiger partial charge on any atom is -0.387 e. The second kappa shape index (κ2) is 7.08. The van der Waals surface area contributed by atoms with E-state index >= 15 is 0 Å². The summed E-state index contributed by atoms with van der Waals surface area (Å²) >= 11 is 0. The van der Waals surface area contributed by atoms with Crippen molar-refractivity contribution in [2.75, 3.05) is 0 Å². The predicted molar refractivity (Wildman–Crippen MR) is 61.0 cm³/mol. The van der Waals surface area contributed by atoms with E-state index in [9.17, 15) is 0 Å². The van der Waals surface area contributed by atoms with Crippen molar-refractivity contribution in [3.8, 4) is 0 Å². The Bertz CT molecular complexity index is 251. The van der Waals surface area contributed by atoms with E-state index in [4.69, 9.17) is 5.73 Å². The first-order chi connectivity index (χ1) is 7.38. The summed E-state index contributed by atoms with van der Waals surface area (Å²) < 4.78 is 0. The Hall–Kier alpha value is -0.341. The molecule has 0 amide bonds. The molecule has 2 N–H and O–H groups in total. The largest absolute Gasteiger partial charge is 2.00 e. The second-order valence-electron chi connectivity index (χ2n) is 3.05. The molecular weight excluding hydrogens is 242 g/mol. The molecule has 1 aliphatic heterocycles. The van der Waals surface area contributed by atoms with Gasteiger partial charge < -0.3 is 5.73 Å². The minimum absolute atomic E-state index is 0. The van der Waals surface area contributed by atoms with Crippen LogP contribution in [0.3, 0.4) is 0 Å². The average molecular weight is 253 g/mol. The molecule has 0 atom stereocenters. The van der Waals surface area contributed by atoms with Gasteiger partial charge in [-0.2, -0.15) is 0 Å². The first kappa shape index (κ1) is 13.7. The van der Waals surface area contributed by atoms with Crippen molar-refractivity contribution >= 4 is 12.2 Å². The van der Waals surface area contributed by atoms with E-state index < -0.39 is 0 Å². The Kier molecular flexibility index (Phi) is 6.07. The van der Waals surface area contributed by atoms with Crippen molar-refractivity contribution in [1.29, 1.82) is 0 Å². The molecule has 0 saturated heterocycles. The molecule has 4 heteroatoms. The van der Waals surface area contributed by atoms with Gasteiger partial charge in [-0.25, -0.2) is 4.99 Å². The average Bonchev–Trinajstić information content (AvgIpc) is 2.93. The van der Waals surface area contributed by atoms with Crippen molar-refractivity contribution in [1.82, 2.24) is 0 Å². The first-order valence-electron chi connectivity index (χ1n) is 4.66. The van der Waals surface area contributed by atoms with Crippen molar-refractivity contribution in [3.05, 3.63) is 63.3 Å². The SMILES string of the molecule is NC1=NC=N[C]2[CH][CH][CH][C]21.[CH]1[CH][CH][CH][CH]1.[Fe+2]. The summed E-state index contributed by atoms with van der Waals surface area (Å²) in [4.78, 5) is 7.86. The Morgan fingerprint density at radius 3 is 2.06 bits per heavy atom. The third kappa shape index (κ3) is 3.60. The molecule has 16 heavy (non-hydrogen) atoms. The van der Waals surface area contributed by atoms with Crippen LogP contribution in [0.15, 0.2) is 9.98 Å². The van der Waals surface area contributed by atoms with Gasteiger partial charge in [0.05, 0.1) is 5.92 Å². The predicted octanol–water partition coefficient (Wildman–Crippen LogP) is 1.14. The van der Waals surface area contributed by atoms with Crippen molar-refractivity contribution in [3.63, 3.8) is 0 Å². The molecule has 80 valence electrons. The second-order valence-corrected chi connectivity index (χ2v) is 3.05. The molecule has 10 radical (unpaired) electrons. The third-order valence-corrected chi connectivity index (χ3v) is 2.02. The van der Waals surface area contributed by atoms with Crippen LogP contribution in [-0.2, 0) is 17.1 Å². The molecular formula is C12H11FeN3+2. The molecule has 0 bridgehead atoms. The third-order valence-electron chi connectivity index (χ3n) is 2.02. The van der Waals surface area contributed by atoms with E-state index in [0.29, 0.717) is 5.84 Å². The summed E-state index contributed by atoms with van der Waals surface area (Å²) in [5.41, 5.74) is 5.55. The molecule has 1 heterocycles. The smallest absolute Gasteiger partial charge is 0.387 e. The van der Waals surface area contributed by atoms with Gasteiger partial charge in [0.2, 0.25) is 0 Å². The van der Waals surface area contributed by atoms with Gasteiger partial charge in [0.25, 0.3) is 0 Å². The van der Waals surface area contributed by atoms with Gasteiger partial charge in [0.15, 0.2) is 0 Å². The number of fused-ring (bicyclic) bond motifs is 1. The van der Waals surface area contributed by atoms with Gasteiger partial charge >= 0.3 is 17.1 Å². The number of amidine groups is 1. The number of hydrogen-bond acceptors (Lipinski definition) is 3. The van der Waals surface area contributed by atoms with Crippen LogP contribution < -0.4 is 5.73 Å². The molecule has 0 aromatic heterocycles. The zero-order chi connectivity index (χ0) is 10.5. The standard InChI is InChI=1S/C7H6N3.C5H5.Fe/c8-7-5-2-1-3-6(5)9-4-10-7;1-2-4-5-3-1;/h1-4H,(H2,8,9,10);1-5H;/q;;+2. The van der Waals surface area contributed by atoms with E-state index in [1.807, 2.05) is 51.4 Å². The normalized spacial score (nSPS) is 24.1. The van der Waals surface area contributed by atoms with Gasteiger partial charge in [0, 0.05) is 0 Å². The van der Waals surface area contributed by atoms with Crippen LogP contribution in [0.4, 0.5) is 0 Å². The maximum atomic E-state index is 5.55. The molecule has 2 fully saturated rings. The maximum Gasteiger partial charge on any atom is 2.00 e. The molecule has 2 aliphatic carbocycles. The molecule has 3 rings (SSSR count). The Morgan fingerprint density at radius 2 is 1.50 bits per heavy atom. The van der Waals surface area contributed by atoms with Gasteiger partial charge in [-0.1, -0.05) is 0 Å². The summed E-state index contributed by atoms with van der Waals surface area (Å²) in [6.07, 6.45) is 17.2. The van der Waals surface area contributed by atoms with E-state index in [-0.39, 0.29) is 17.1 Å². The zero-order valence-corrected chi connectivity index (χ0v) is 9.63. The maximum absolute atomic E-state index is 5.55. The van der Waals surface area contributed by atoms with Crippen molar-refractivity contribution in [2.24, 2.45) is 15.7 Å². The van der Waals surface area contributed by atoms with Crippen LogP contribution in [0, 0.1) is 63.3 Å². The number of hydrogen-bond donors (Lipinski definition) is 1. The van der Waals surface area contributed by atoms with Crippen LogP contribution >= 0.6 is 0 Å². The van der Waals surface area contributed by atoms with E-state index in [2.05, 4.69) is 9.98 Å². The van der Waals surface area contributed by atoms with Crippen molar-refractivity contribution < 1.29 is 17.1 Å².